The maximum absolute atomic E-state index is 13.2. The van der Waals surface area contributed by atoms with E-state index in [2.05, 4.69) is 4.98 Å². The van der Waals surface area contributed by atoms with Gasteiger partial charge < -0.3 is 14.3 Å². The van der Waals surface area contributed by atoms with Crippen LogP contribution in [0, 0.1) is 6.92 Å². The molecule has 0 spiro atoms. The number of hydrogen-bond donors (Lipinski definition) is 0. The minimum Gasteiger partial charge on any atom is -0.331 e. The Balaban J connectivity index is 1.84. The number of nitrogens with zero attached hydrogens (tertiary/aromatic N) is 6. The molecule has 0 aliphatic carbocycles. The summed E-state index contributed by atoms with van der Waals surface area (Å²) in [5, 5.41) is 1.71. The van der Waals surface area contributed by atoms with E-state index in [1.807, 2.05) is 0 Å². The molecule has 2 aromatic rings. The van der Waals surface area contributed by atoms with Crippen LogP contribution in [0.1, 0.15) is 31.5 Å². The van der Waals surface area contributed by atoms with Gasteiger partial charge in [-0.3, -0.25) is 19.2 Å². The number of carbonyl (C=O) groups excluding carboxylic acids is 2. The van der Waals surface area contributed by atoms with Crippen molar-refractivity contribution >= 4 is 23.4 Å². The van der Waals surface area contributed by atoms with Gasteiger partial charge in [0.1, 0.15) is 18.2 Å². The summed E-state index contributed by atoms with van der Waals surface area (Å²) in [5.41, 5.74) is -0.351. The molecule has 4 heterocycles. The Labute approximate surface area is 160 Å². The Morgan fingerprint density at radius 2 is 1.82 bits per heavy atom. The third kappa shape index (κ3) is 2.50. The molecule has 4 rings (SSSR count). The minimum atomic E-state index is -0.554. The molecule has 0 saturated carbocycles. The number of likely N-dealkylation sites (tertiary alicyclic amines) is 1. The molecule has 2 aliphatic heterocycles. The van der Waals surface area contributed by atoms with Gasteiger partial charge in [-0.25, -0.2) is 9.78 Å². The van der Waals surface area contributed by atoms with E-state index in [-0.39, 0.29) is 11.6 Å². The second-order valence-corrected chi connectivity index (χ2v) is 7.55. The summed E-state index contributed by atoms with van der Waals surface area (Å²) in [5.74, 6) is 0.461. The van der Waals surface area contributed by atoms with Gasteiger partial charge in [-0.05, 0) is 32.6 Å². The number of rotatable bonds is 3. The Kier molecular flexibility index (Phi) is 4.35. The Hall–Kier alpha value is -2.91. The second-order valence-electron chi connectivity index (χ2n) is 7.55. The smallest absolute Gasteiger partial charge is 0.331 e. The first-order chi connectivity index (χ1) is 13.4. The summed E-state index contributed by atoms with van der Waals surface area (Å²) < 4.78 is 4.07. The highest BCUT2D eigenvalue weighted by molar-refractivity contribution is 5.87. The van der Waals surface area contributed by atoms with Crippen LogP contribution in [0.2, 0.25) is 0 Å². The molecule has 0 aromatic carbocycles. The Morgan fingerprint density at radius 3 is 2.54 bits per heavy atom. The average Bonchev–Trinajstić information content (AvgIpc) is 3.40. The van der Waals surface area contributed by atoms with Crippen molar-refractivity contribution in [1.29, 1.82) is 0 Å². The fourth-order valence-electron chi connectivity index (χ4n) is 4.33. The summed E-state index contributed by atoms with van der Waals surface area (Å²) in [4.78, 5) is 56.1. The molecule has 0 radical (unpaired) electrons. The van der Waals surface area contributed by atoms with Crippen molar-refractivity contribution in [2.75, 3.05) is 18.1 Å². The fraction of sp³-hybridized carbons (Fsp3) is 0.611. The topological polar surface area (TPSA) is 102 Å². The van der Waals surface area contributed by atoms with Gasteiger partial charge in [-0.2, -0.15) is 4.68 Å². The first-order valence-corrected chi connectivity index (χ1v) is 9.54. The van der Waals surface area contributed by atoms with E-state index in [0.29, 0.717) is 37.3 Å². The number of aldehydes is 1. The van der Waals surface area contributed by atoms with Crippen molar-refractivity contribution in [3.05, 3.63) is 26.7 Å². The van der Waals surface area contributed by atoms with Gasteiger partial charge >= 0.3 is 5.69 Å². The van der Waals surface area contributed by atoms with E-state index < -0.39 is 23.3 Å². The van der Waals surface area contributed by atoms with Gasteiger partial charge in [-0.1, -0.05) is 0 Å². The van der Waals surface area contributed by atoms with Crippen LogP contribution in [0.5, 0.6) is 0 Å². The Morgan fingerprint density at radius 1 is 1.11 bits per heavy atom. The number of aryl methyl sites for hydroxylation is 2. The van der Waals surface area contributed by atoms with Gasteiger partial charge in [-0.15, -0.1) is 0 Å². The summed E-state index contributed by atoms with van der Waals surface area (Å²) in [6.07, 6.45) is 3.61. The Bertz CT molecular complexity index is 1080. The van der Waals surface area contributed by atoms with Crippen molar-refractivity contribution in [2.24, 2.45) is 14.1 Å². The molecule has 10 nitrogen and oxygen atoms in total. The fourth-order valence-corrected chi connectivity index (χ4v) is 4.33. The largest absolute Gasteiger partial charge is 0.351 e. The highest BCUT2D eigenvalue weighted by atomic mass is 16.2. The van der Waals surface area contributed by atoms with Crippen LogP contribution >= 0.6 is 0 Å². The molecular formula is C18H24N6O4. The van der Waals surface area contributed by atoms with Crippen molar-refractivity contribution in [2.45, 2.75) is 44.7 Å². The van der Waals surface area contributed by atoms with E-state index in [9.17, 15) is 19.2 Å². The third-order valence-corrected chi connectivity index (χ3v) is 5.98. The van der Waals surface area contributed by atoms with Crippen LogP contribution in [0.25, 0.3) is 11.2 Å². The molecule has 2 aliphatic rings. The van der Waals surface area contributed by atoms with Crippen LogP contribution in [0.15, 0.2) is 9.59 Å². The minimum absolute atomic E-state index is 0.145. The molecule has 2 atom stereocenters. The van der Waals surface area contributed by atoms with Crippen LogP contribution < -0.4 is 16.3 Å². The van der Waals surface area contributed by atoms with Crippen molar-refractivity contribution < 1.29 is 9.59 Å². The lowest BCUT2D eigenvalue weighted by Crippen LogP contribution is -2.56. The average molecular weight is 388 g/mol. The molecule has 2 unspecified atom stereocenters. The van der Waals surface area contributed by atoms with Crippen LogP contribution in [0.4, 0.5) is 0 Å². The van der Waals surface area contributed by atoms with Gasteiger partial charge in [0.2, 0.25) is 5.91 Å². The molecule has 150 valence electrons. The number of imidazole rings is 1. The molecule has 0 bridgehead atoms. The van der Waals surface area contributed by atoms with E-state index in [1.165, 1.54) is 11.7 Å². The lowest BCUT2D eigenvalue weighted by Gasteiger charge is -2.31. The predicted octanol–water partition coefficient (Wildman–Crippen LogP) is -0.968. The van der Waals surface area contributed by atoms with Crippen molar-refractivity contribution in [3.8, 4) is 0 Å². The quantitative estimate of drug-likeness (QED) is 0.627. The number of aromatic nitrogens is 4. The SMILES string of the molecule is Cc1nc2c(c(=O)n(C)c(=O)n2N2CCCC2C(=O)N2CCCC2C=O)n1C. The summed E-state index contributed by atoms with van der Waals surface area (Å²) in [6, 6.07) is -0.954. The standard InChI is InChI=1S/C18H24N6O4/c1-11-19-15-14(20(11)2)17(27)21(3)18(28)24(15)23-9-5-7-13(23)16(26)22-8-4-6-12(22)10-25/h10,12-13H,4-9H2,1-3H3. The lowest BCUT2D eigenvalue weighted by atomic mass is 10.2. The zero-order valence-corrected chi connectivity index (χ0v) is 16.3. The molecule has 0 N–H and O–H groups in total. The van der Waals surface area contributed by atoms with Crippen LogP contribution in [-0.2, 0) is 23.7 Å². The molecule has 2 saturated heterocycles. The molecule has 2 aromatic heterocycles. The highest BCUT2D eigenvalue weighted by Crippen LogP contribution is 2.24. The number of carbonyl (C=O) groups is 2. The maximum Gasteiger partial charge on any atom is 0.351 e. The molecule has 10 heteroatoms. The first kappa shape index (κ1) is 18.5. The second kappa shape index (κ2) is 6.61. The third-order valence-electron chi connectivity index (χ3n) is 5.98. The van der Waals surface area contributed by atoms with E-state index in [0.717, 1.165) is 23.7 Å². The van der Waals surface area contributed by atoms with Crippen molar-refractivity contribution in [1.82, 2.24) is 23.7 Å². The zero-order chi connectivity index (χ0) is 20.2. The molecule has 1 amide bonds. The molecular weight excluding hydrogens is 364 g/mol. The van der Waals surface area contributed by atoms with E-state index in [4.69, 9.17) is 0 Å². The zero-order valence-electron chi connectivity index (χ0n) is 16.3. The van der Waals surface area contributed by atoms with Gasteiger partial charge in [0.15, 0.2) is 11.2 Å². The van der Waals surface area contributed by atoms with Crippen LogP contribution in [0.3, 0.4) is 0 Å². The number of fused-ring (bicyclic) bond motifs is 1. The summed E-state index contributed by atoms with van der Waals surface area (Å²) in [6.45, 7) is 2.81. The molecule has 2 fully saturated rings. The maximum atomic E-state index is 13.2. The van der Waals surface area contributed by atoms with E-state index >= 15 is 0 Å². The number of hydrogen-bond acceptors (Lipinski definition) is 6. The van der Waals surface area contributed by atoms with Gasteiger partial charge in [0, 0.05) is 27.2 Å². The van der Waals surface area contributed by atoms with Gasteiger partial charge in [0.05, 0.1) is 6.04 Å². The predicted molar refractivity (Wildman–Crippen MR) is 102 cm³/mol. The number of amides is 1. The lowest BCUT2D eigenvalue weighted by molar-refractivity contribution is -0.135. The van der Waals surface area contributed by atoms with Gasteiger partial charge in [0.25, 0.3) is 5.56 Å². The van der Waals surface area contributed by atoms with E-state index in [1.54, 1.807) is 28.4 Å². The van der Waals surface area contributed by atoms with Crippen LogP contribution in [-0.4, -0.2) is 61.1 Å². The monoisotopic (exact) mass is 388 g/mol. The normalized spacial score (nSPS) is 22.4. The highest BCUT2D eigenvalue weighted by Gasteiger charge is 2.39. The first-order valence-electron chi connectivity index (χ1n) is 9.54. The summed E-state index contributed by atoms with van der Waals surface area (Å²) in [7, 11) is 3.16. The molecule has 28 heavy (non-hydrogen) atoms. The summed E-state index contributed by atoms with van der Waals surface area (Å²) >= 11 is 0. The van der Waals surface area contributed by atoms with Crippen molar-refractivity contribution in [3.63, 3.8) is 0 Å².